The minimum absolute atomic E-state index is 0.176. The van der Waals surface area contributed by atoms with Gasteiger partial charge in [-0.25, -0.2) is 0 Å². The van der Waals surface area contributed by atoms with Crippen molar-refractivity contribution < 1.29 is 9.84 Å². The molecule has 0 aromatic rings. The molecule has 2 N–H and O–H groups in total. The molecule has 2 aliphatic rings. The van der Waals surface area contributed by atoms with Gasteiger partial charge in [-0.05, 0) is 44.1 Å². The summed E-state index contributed by atoms with van der Waals surface area (Å²) in [6.45, 7) is 3.51. The Morgan fingerprint density at radius 1 is 1.12 bits per heavy atom. The van der Waals surface area contributed by atoms with Crippen LogP contribution in [-0.4, -0.2) is 37.5 Å². The van der Waals surface area contributed by atoms with Crippen LogP contribution < -0.4 is 5.32 Å². The molecule has 94 valence electrons. The smallest absolute Gasteiger partial charge is 0.0694 e. The van der Waals surface area contributed by atoms with Crippen molar-refractivity contribution in [2.45, 2.75) is 44.6 Å². The minimum atomic E-state index is -0.176. The highest BCUT2D eigenvalue weighted by molar-refractivity contribution is 4.75. The van der Waals surface area contributed by atoms with Crippen LogP contribution in [-0.2, 0) is 4.74 Å². The predicted octanol–water partition coefficient (Wildman–Crippen LogP) is 1.55. The van der Waals surface area contributed by atoms with Gasteiger partial charge in [0.2, 0.25) is 0 Å². The molecule has 2 fully saturated rings. The number of hydrogen-bond donors (Lipinski definition) is 2. The predicted molar refractivity (Wildman–Crippen MR) is 64.4 cm³/mol. The lowest BCUT2D eigenvalue weighted by atomic mass is 9.94. The first kappa shape index (κ1) is 12.3. The Kier molecular flexibility index (Phi) is 5.07. The van der Waals surface area contributed by atoms with Gasteiger partial charge in [-0.1, -0.05) is 12.8 Å². The fraction of sp³-hybridized carbons (Fsp3) is 1.00. The standard InChI is InChI=1S/C13H25NO2/c15-13(12-5-7-16-8-6-12)10-14-9-11-3-1-2-4-11/h11-15H,1-10H2. The number of ether oxygens (including phenoxy) is 1. The quantitative estimate of drug-likeness (QED) is 0.749. The zero-order valence-electron chi connectivity index (χ0n) is 10.2. The van der Waals surface area contributed by atoms with Gasteiger partial charge in [-0.15, -0.1) is 0 Å². The normalized spacial score (nSPS) is 26.1. The summed E-state index contributed by atoms with van der Waals surface area (Å²) < 4.78 is 5.30. The molecule has 0 radical (unpaired) electrons. The highest BCUT2D eigenvalue weighted by atomic mass is 16.5. The molecule has 0 bridgehead atoms. The SMILES string of the molecule is OC(CNCC1CCCC1)C1CCOCC1. The molecular formula is C13H25NO2. The lowest BCUT2D eigenvalue weighted by Gasteiger charge is -2.27. The molecule has 3 heteroatoms. The van der Waals surface area contributed by atoms with Crippen molar-refractivity contribution in [1.29, 1.82) is 0 Å². The van der Waals surface area contributed by atoms with Crippen molar-refractivity contribution in [2.24, 2.45) is 11.8 Å². The second-order valence-corrected chi connectivity index (χ2v) is 5.33. The van der Waals surface area contributed by atoms with Crippen molar-refractivity contribution in [2.75, 3.05) is 26.3 Å². The van der Waals surface area contributed by atoms with Crippen LogP contribution in [0, 0.1) is 11.8 Å². The van der Waals surface area contributed by atoms with Gasteiger partial charge in [0.1, 0.15) is 0 Å². The topological polar surface area (TPSA) is 41.5 Å². The third-order valence-corrected chi connectivity index (χ3v) is 4.07. The van der Waals surface area contributed by atoms with Crippen LogP contribution in [0.15, 0.2) is 0 Å². The molecule has 16 heavy (non-hydrogen) atoms. The summed E-state index contributed by atoms with van der Waals surface area (Å²) in [5.74, 6) is 1.31. The number of nitrogens with one attached hydrogen (secondary N) is 1. The van der Waals surface area contributed by atoms with Crippen LogP contribution in [0.1, 0.15) is 38.5 Å². The average molecular weight is 227 g/mol. The van der Waals surface area contributed by atoms with Crippen molar-refractivity contribution >= 4 is 0 Å². The highest BCUT2D eigenvalue weighted by Crippen LogP contribution is 2.24. The van der Waals surface area contributed by atoms with Crippen LogP contribution in [0.2, 0.25) is 0 Å². The maximum absolute atomic E-state index is 10.0. The number of hydrogen-bond acceptors (Lipinski definition) is 3. The molecule has 1 aliphatic heterocycles. The van der Waals surface area contributed by atoms with Gasteiger partial charge in [0.05, 0.1) is 6.10 Å². The summed E-state index contributed by atoms with van der Waals surface area (Å²) in [5, 5.41) is 13.5. The molecule has 1 unspecified atom stereocenters. The number of rotatable bonds is 5. The summed E-state index contributed by atoms with van der Waals surface area (Å²) >= 11 is 0. The molecule has 1 saturated heterocycles. The third kappa shape index (κ3) is 3.72. The monoisotopic (exact) mass is 227 g/mol. The lowest BCUT2D eigenvalue weighted by Crippen LogP contribution is -2.37. The molecule has 0 aromatic carbocycles. The van der Waals surface area contributed by atoms with E-state index in [2.05, 4.69) is 5.32 Å². The molecule has 0 aromatic heterocycles. The number of aliphatic hydroxyl groups excluding tert-OH is 1. The average Bonchev–Trinajstić information content (AvgIpc) is 2.83. The van der Waals surface area contributed by atoms with E-state index in [0.717, 1.165) is 45.1 Å². The van der Waals surface area contributed by atoms with Crippen molar-refractivity contribution in [3.05, 3.63) is 0 Å². The molecule has 1 saturated carbocycles. The van der Waals surface area contributed by atoms with E-state index in [1.54, 1.807) is 0 Å². The van der Waals surface area contributed by atoms with E-state index in [1.807, 2.05) is 0 Å². The molecule has 0 amide bonds. The van der Waals surface area contributed by atoms with Gasteiger partial charge in [0.25, 0.3) is 0 Å². The van der Waals surface area contributed by atoms with Gasteiger partial charge in [-0.2, -0.15) is 0 Å². The van der Waals surface area contributed by atoms with Crippen molar-refractivity contribution in [3.63, 3.8) is 0 Å². The van der Waals surface area contributed by atoms with Crippen molar-refractivity contribution in [1.82, 2.24) is 5.32 Å². The van der Waals surface area contributed by atoms with E-state index in [1.165, 1.54) is 25.7 Å². The lowest BCUT2D eigenvalue weighted by molar-refractivity contribution is 0.00834. The van der Waals surface area contributed by atoms with Gasteiger partial charge in [0.15, 0.2) is 0 Å². The largest absolute Gasteiger partial charge is 0.392 e. The zero-order chi connectivity index (χ0) is 11.2. The van der Waals surface area contributed by atoms with E-state index in [4.69, 9.17) is 4.74 Å². The molecule has 3 nitrogen and oxygen atoms in total. The Morgan fingerprint density at radius 2 is 1.81 bits per heavy atom. The number of aliphatic hydroxyl groups is 1. The van der Waals surface area contributed by atoms with E-state index in [0.29, 0.717) is 5.92 Å². The van der Waals surface area contributed by atoms with Crippen LogP contribution in [0.3, 0.4) is 0 Å². The molecule has 0 spiro atoms. The summed E-state index contributed by atoms with van der Waals surface area (Å²) in [4.78, 5) is 0. The maximum atomic E-state index is 10.0. The molecular weight excluding hydrogens is 202 g/mol. The first-order chi connectivity index (χ1) is 7.86. The van der Waals surface area contributed by atoms with Crippen molar-refractivity contribution in [3.8, 4) is 0 Å². The molecule has 1 aliphatic carbocycles. The summed E-state index contributed by atoms with van der Waals surface area (Å²) in [6.07, 6.45) is 7.41. The Morgan fingerprint density at radius 3 is 2.50 bits per heavy atom. The van der Waals surface area contributed by atoms with Crippen LogP contribution in [0.4, 0.5) is 0 Å². The van der Waals surface area contributed by atoms with Crippen LogP contribution >= 0.6 is 0 Å². The first-order valence-corrected chi connectivity index (χ1v) is 6.83. The Hall–Kier alpha value is -0.120. The second kappa shape index (κ2) is 6.58. The summed E-state index contributed by atoms with van der Waals surface area (Å²) in [5.41, 5.74) is 0. The molecule has 1 atom stereocenters. The Labute approximate surface area is 98.6 Å². The van der Waals surface area contributed by atoms with Gasteiger partial charge in [0, 0.05) is 19.8 Å². The van der Waals surface area contributed by atoms with E-state index >= 15 is 0 Å². The summed E-state index contributed by atoms with van der Waals surface area (Å²) in [7, 11) is 0. The Balaban J connectivity index is 1.57. The highest BCUT2D eigenvalue weighted by Gasteiger charge is 2.22. The molecule has 2 rings (SSSR count). The van der Waals surface area contributed by atoms with Gasteiger partial charge in [-0.3, -0.25) is 0 Å². The third-order valence-electron chi connectivity index (χ3n) is 4.07. The van der Waals surface area contributed by atoms with Crippen LogP contribution in [0.5, 0.6) is 0 Å². The molecule has 1 heterocycles. The zero-order valence-corrected chi connectivity index (χ0v) is 10.2. The van der Waals surface area contributed by atoms with Gasteiger partial charge >= 0.3 is 0 Å². The summed E-state index contributed by atoms with van der Waals surface area (Å²) in [6, 6.07) is 0. The maximum Gasteiger partial charge on any atom is 0.0694 e. The fourth-order valence-electron chi connectivity index (χ4n) is 2.92. The van der Waals surface area contributed by atoms with Crippen LogP contribution in [0.25, 0.3) is 0 Å². The fourth-order valence-corrected chi connectivity index (χ4v) is 2.92. The second-order valence-electron chi connectivity index (χ2n) is 5.33. The van der Waals surface area contributed by atoms with E-state index < -0.39 is 0 Å². The van der Waals surface area contributed by atoms with Gasteiger partial charge < -0.3 is 15.2 Å². The first-order valence-electron chi connectivity index (χ1n) is 6.83. The Bertz CT molecular complexity index is 186. The minimum Gasteiger partial charge on any atom is -0.392 e. The van der Waals surface area contributed by atoms with E-state index in [-0.39, 0.29) is 6.10 Å². The van der Waals surface area contributed by atoms with E-state index in [9.17, 15) is 5.11 Å².